The first kappa shape index (κ1) is 12.6. The highest BCUT2D eigenvalue weighted by atomic mass is 15.3. The number of aryl methyl sites for hydroxylation is 1. The molecule has 0 amide bonds. The number of anilines is 1. The van der Waals surface area contributed by atoms with Crippen LogP contribution in [0.5, 0.6) is 0 Å². The lowest BCUT2D eigenvalue weighted by Crippen LogP contribution is -2.22. The maximum atomic E-state index is 5.97. The van der Waals surface area contributed by atoms with Gasteiger partial charge in [-0.05, 0) is 12.1 Å². The Morgan fingerprint density at radius 1 is 1.22 bits per heavy atom. The van der Waals surface area contributed by atoms with Gasteiger partial charge in [-0.3, -0.25) is 9.58 Å². The predicted octanol–water partition coefficient (Wildman–Crippen LogP) is 2.02. The fourth-order valence-electron chi connectivity index (χ4n) is 1.98. The topological polar surface area (TPSA) is 47.1 Å². The Morgan fingerprint density at radius 2 is 1.94 bits per heavy atom. The van der Waals surface area contributed by atoms with E-state index in [9.17, 15) is 0 Å². The average molecular weight is 244 g/mol. The van der Waals surface area contributed by atoms with Crippen molar-refractivity contribution in [2.45, 2.75) is 20.0 Å². The zero-order valence-corrected chi connectivity index (χ0v) is 11.0. The van der Waals surface area contributed by atoms with Gasteiger partial charge in [-0.1, -0.05) is 37.3 Å². The maximum absolute atomic E-state index is 5.97. The highest BCUT2D eigenvalue weighted by molar-refractivity contribution is 5.38. The minimum Gasteiger partial charge on any atom is -0.384 e. The van der Waals surface area contributed by atoms with E-state index in [1.54, 1.807) is 4.68 Å². The van der Waals surface area contributed by atoms with Gasteiger partial charge in [-0.25, -0.2) is 0 Å². The van der Waals surface area contributed by atoms with Gasteiger partial charge in [0.1, 0.15) is 5.82 Å². The van der Waals surface area contributed by atoms with E-state index in [0.29, 0.717) is 0 Å². The van der Waals surface area contributed by atoms with Crippen molar-refractivity contribution >= 4 is 5.82 Å². The molecule has 0 unspecified atom stereocenters. The number of nitrogen functional groups attached to an aromatic ring is 1. The molecule has 0 radical (unpaired) electrons. The summed E-state index contributed by atoms with van der Waals surface area (Å²) in [6.07, 6.45) is 1.85. The van der Waals surface area contributed by atoms with Gasteiger partial charge in [0.2, 0.25) is 0 Å². The largest absolute Gasteiger partial charge is 0.384 e. The molecule has 2 aromatic rings. The van der Waals surface area contributed by atoms with Crippen molar-refractivity contribution in [2.24, 2.45) is 7.05 Å². The van der Waals surface area contributed by atoms with E-state index in [2.05, 4.69) is 41.2 Å². The number of aromatic nitrogens is 2. The number of benzene rings is 1. The van der Waals surface area contributed by atoms with Gasteiger partial charge in [-0.15, -0.1) is 0 Å². The van der Waals surface area contributed by atoms with Gasteiger partial charge in [0.05, 0.1) is 6.20 Å². The molecule has 4 heteroatoms. The minimum absolute atomic E-state index is 0.751. The third-order valence-corrected chi connectivity index (χ3v) is 3.15. The quantitative estimate of drug-likeness (QED) is 0.875. The summed E-state index contributed by atoms with van der Waals surface area (Å²) in [6.45, 7) is 4.93. The molecule has 2 rings (SSSR count). The summed E-state index contributed by atoms with van der Waals surface area (Å²) in [5, 5.41) is 4.18. The summed E-state index contributed by atoms with van der Waals surface area (Å²) in [5.41, 5.74) is 8.39. The van der Waals surface area contributed by atoms with Gasteiger partial charge in [0.15, 0.2) is 0 Å². The number of hydrogen-bond donors (Lipinski definition) is 1. The van der Waals surface area contributed by atoms with E-state index in [-0.39, 0.29) is 0 Å². The summed E-state index contributed by atoms with van der Waals surface area (Å²) >= 11 is 0. The van der Waals surface area contributed by atoms with Gasteiger partial charge in [-0.2, -0.15) is 5.10 Å². The molecule has 96 valence electrons. The molecule has 4 nitrogen and oxygen atoms in total. The highest BCUT2D eigenvalue weighted by Crippen LogP contribution is 2.14. The summed E-state index contributed by atoms with van der Waals surface area (Å²) < 4.78 is 1.71. The third kappa shape index (κ3) is 2.90. The van der Waals surface area contributed by atoms with Gasteiger partial charge in [0, 0.05) is 25.7 Å². The number of hydrogen-bond acceptors (Lipinski definition) is 3. The Labute approximate surface area is 108 Å². The molecule has 0 bridgehead atoms. The van der Waals surface area contributed by atoms with E-state index in [0.717, 1.165) is 31.0 Å². The average Bonchev–Trinajstić information content (AvgIpc) is 2.71. The van der Waals surface area contributed by atoms with Crippen LogP contribution in [-0.2, 0) is 20.1 Å². The van der Waals surface area contributed by atoms with Crippen LogP contribution >= 0.6 is 0 Å². The Morgan fingerprint density at radius 3 is 2.50 bits per heavy atom. The van der Waals surface area contributed by atoms with Crippen LogP contribution in [-0.4, -0.2) is 21.2 Å². The van der Waals surface area contributed by atoms with Gasteiger partial charge in [0.25, 0.3) is 0 Å². The highest BCUT2D eigenvalue weighted by Gasteiger charge is 2.10. The van der Waals surface area contributed by atoms with E-state index >= 15 is 0 Å². The molecule has 0 atom stereocenters. The van der Waals surface area contributed by atoms with Crippen LogP contribution in [0.15, 0.2) is 36.5 Å². The number of nitrogens with zero attached hydrogens (tertiary/aromatic N) is 3. The molecule has 0 fully saturated rings. The van der Waals surface area contributed by atoms with Crippen molar-refractivity contribution in [1.82, 2.24) is 14.7 Å². The normalized spacial score (nSPS) is 11.1. The van der Waals surface area contributed by atoms with Crippen molar-refractivity contribution in [3.05, 3.63) is 47.7 Å². The summed E-state index contributed by atoms with van der Waals surface area (Å²) in [6, 6.07) is 10.5. The third-order valence-electron chi connectivity index (χ3n) is 3.15. The van der Waals surface area contributed by atoms with Crippen LogP contribution < -0.4 is 5.73 Å². The summed E-state index contributed by atoms with van der Waals surface area (Å²) in [5.74, 6) is 0.751. The molecule has 1 heterocycles. The monoisotopic (exact) mass is 244 g/mol. The first-order valence-electron chi connectivity index (χ1n) is 6.23. The van der Waals surface area contributed by atoms with Crippen LogP contribution in [0.4, 0.5) is 5.82 Å². The Bertz CT molecular complexity index is 490. The Kier molecular flexibility index (Phi) is 3.99. The van der Waals surface area contributed by atoms with Crippen LogP contribution in [0.3, 0.4) is 0 Å². The molecule has 0 aliphatic rings. The molecule has 0 aliphatic carbocycles. The fourth-order valence-corrected chi connectivity index (χ4v) is 1.98. The molecule has 1 aromatic carbocycles. The van der Waals surface area contributed by atoms with Crippen molar-refractivity contribution < 1.29 is 0 Å². The molecule has 1 aromatic heterocycles. The fraction of sp³-hybridized carbons (Fsp3) is 0.357. The molecular weight excluding hydrogens is 224 g/mol. The first-order valence-corrected chi connectivity index (χ1v) is 6.23. The van der Waals surface area contributed by atoms with Crippen molar-refractivity contribution in [2.75, 3.05) is 12.3 Å². The Balaban J connectivity index is 2.04. The molecule has 0 saturated carbocycles. The van der Waals surface area contributed by atoms with Crippen LogP contribution in [0.25, 0.3) is 0 Å². The smallest absolute Gasteiger partial charge is 0.125 e. The SMILES string of the molecule is CCN(Cc1ccccc1)Cc1cnn(C)c1N. The zero-order chi connectivity index (χ0) is 13.0. The number of rotatable bonds is 5. The van der Waals surface area contributed by atoms with Crippen LogP contribution in [0, 0.1) is 0 Å². The number of nitrogens with two attached hydrogens (primary N) is 1. The van der Waals surface area contributed by atoms with Crippen LogP contribution in [0.1, 0.15) is 18.1 Å². The van der Waals surface area contributed by atoms with E-state index in [1.165, 1.54) is 5.56 Å². The lowest BCUT2D eigenvalue weighted by atomic mass is 10.2. The second-order valence-electron chi connectivity index (χ2n) is 4.47. The van der Waals surface area contributed by atoms with E-state index < -0.39 is 0 Å². The second-order valence-corrected chi connectivity index (χ2v) is 4.47. The zero-order valence-electron chi connectivity index (χ0n) is 11.0. The van der Waals surface area contributed by atoms with E-state index in [4.69, 9.17) is 5.73 Å². The van der Waals surface area contributed by atoms with Gasteiger partial charge >= 0.3 is 0 Å². The summed E-state index contributed by atoms with van der Waals surface area (Å²) in [4.78, 5) is 2.35. The molecule has 18 heavy (non-hydrogen) atoms. The molecular formula is C14H20N4. The molecule has 0 saturated heterocycles. The lowest BCUT2D eigenvalue weighted by Gasteiger charge is -2.20. The maximum Gasteiger partial charge on any atom is 0.125 e. The van der Waals surface area contributed by atoms with E-state index in [1.807, 2.05) is 19.3 Å². The van der Waals surface area contributed by atoms with Crippen molar-refractivity contribution in [3.8, 4) is 0 Å². The standard InChI is InChI=1S/C14H20N4/c1-3-18(10-12-7-5-4-6-8-12)11-13-9-16-17(2)14(13)15/h4-9H,3,10-11,15H2,1-2H3. The van der Waals surface area contributed by atoms with Gasteiger partial charge < -0.3 is 5.73 Å². The van der Waals surface area contributed by atoms with Crippen LogP contribution in [0.2, 0.25) is 0 Å². The molecule has 2 N–H and O–H groups in total. The molecule has 0 spiro atoms. The van der Waals surface area contributed by atoms with Crippen molar-refractivity contribution in [1.29, 1.82) is 0 Å². The summed E-state index contributed by atoms with van der Waals surface area (Å²) in [7, 11) is 1.87. The molecule has 0 aliphatic heterocycles. The first-order chi connectivity index (χ1) is 8.70. The minimum atomic E-state index is 0.751. The van der Waals surface area contributed by atoms with Crippen molar-refractivity contribution in [3.63, 3.8) is 0 Å². The second kappa shape index (κ2) is 5.69. The predicted molar refractivity (Wildman–Crippen MR) is 73.9 cm³/mol. The lowest BCUT2D eigenvalue weighted by molar-refractivity contribution is 0.272. The Hall–Kier alpha value is -1.81.